The zero-order valence-electron chi connectivity index (χ0n) is 16.2. The molecule has 1 aliphatic heterocycles. The molecule has 0 bridgehead atoms. The highest BCUT2D eigenvalue weighted by atomic mass is 35.5. The monoisotopic (exact) mass is 418 g/mol. The van der Waals surface area contributed by atoms with E-state index in [2.05, 4.69) is 10.4 Å². The van der Waals surface area contributed by atoms with Gasteiger partial charge in [-0.2, -0.15) is 5.10 Å². The van der Waals surface area contributed by atoms with Gasteiger partial charge in [-0.15, -0.1) is 0 Å². The molecule has 2 amide bonds. The van der Waals surface area contributed by atoms with E-state index < -0.39 is 18.5 Å². The molecule has 0 radical (unpaired) electrons. The van der Waals surface area contributed by atoms with Gasteiger partial charge in [-0.25, -0.2) is 0 Å². The summed E-state index contributed by atoms with van der Waals surface area (Å²) in [4.78, 5) is 37.5. The molecule has 0 aliphatic carbocycles. The molecule has 0 atom stereocenters. The van der Waals surface area contributed by atoms with Crippen molar-refractivity contribution >= 4 is 35.2 Å². The Bertz CT molecular complexity index is 894. The number of likely N-dealkylation sites (tertiary alicyclic amines) is 1. The second-order valence-corrected chi connectivity index (χ2v) is 7.32. The van der Waals surface area contributed by atoms with Crippen LogP contribution in [0, 0.1) is 0 Å². The molecule has 2 aromatic rings. The molecule has 0 spiro atoms. The fourth-order valence-corrected chi connectivity index (χ4v) is 3.20. The van der Waals surface area contributed by atoms with Crippen LogP contribution in [0.3, 0.4) is 0 Å². The van der Waals surface area contributed by atoms with Crippen molar-refractivity contribution in [3.05, 3.63) is 35.4 Å². The Morgan fingerprint density at radius 2 is 1.97 bits per heavy atom. The molecule has 1 aromatic heterocycles. The van der Waals surface area contributed by atoms with Crippen LogP contribution in [0.4, 0.5) is 5.82 Å². The fraction of sp³-hybridized carbons (Fsp3) is 0.400. The van der Waals surface area contributed by atoms with Crippen LogP contribution >= 0.6 is 11.6 Å². The third kappa shape index (κ3) is 5.80. The smallest absolute Gasteiger partial charge is 0.326 e. The number of esters is 1. The van der Waals surface area contributed by atoms with E-state index in [1.54, 1.807) is 25.2 Å². The van der Waals surface area contributed by atoms with Gasteiger partial charge in [0.15, 0.2) is 6.61 Å². The number of ether oxygens (including phenoxy) is 1. The maximum absolute atomic E-state index is 12.1. The van der Waals surface area contributed by atoms with Gasteiger partial charge in [-0.1, -0.05) is 30.2 Å². The number of hydrogen-bond donors (Lipinski definition) is 1. The van der Waals surface area contributed by atoms with Gasteiger partial charge in [-0.05, 0) is 25.0 Å². The lowest BCUT2D eigenvalue weighted by molar-refractivity contribution is -0.151. The van der Waals surface area contributed by atoms with Crippen molar-refractivity contribution < 1.29 is 19.1 Å². The first-order valence-electron chi connectivity index (χ1n) is 9.45. The first kappa shape index (κ1) is 20.9. The number of nitrogens with zero attached hydrogens (tertiary/aromatic N) is 3. The van der Waals surface area contributed by atoms with E-state index in [0.717, 1.165) is 24.8 Å². The zero-order chi connectivity index (χ0) is 20.8. The Hall–Kier alpha value is -2.87. The predicted molar refractivity (Wildman–Crippen MR) is 108 cm³/mol. The molecule has 8 nitrogen and oxygen atoms in total. The number of aryl methyl sites for hydroxylation is 1. The van der Waals surface area contributed by atoms with Crippen LogP contribution in [0.1, 0.15) is 25.7 Å². The van der Waals surface area contributed by atoms with Crippen LogP contribution in [0.25, 0.3) is 11.3 Å². The third-order valence-corrected chi connectivity index (χ3v) is 4.89. The number of benzene rings is 1. The van der Waals surface area contributed by atoms with Gasteiger partial charge in [0.2, 0.25) is 5.91 Å². The second-order valence-electron chi connectivity index (χ2n) is 6.88. The van der Waals surface area contributed by atoms with E-state index in [1.165, 1.54) is 9.58 Å². The van der Waals surface area contributed by atoms with Crippen molar-refractivity contribution in [3.63, 3.8) is 0 Å². The van der Waals surface area contributed by atoms with E-state index in [4.69, 9.17) is 16.3 Å². The second kappa shape index (κ2) is 9.56. The van der Waals surface area contributed by atoms with Crippen molar-refractivity contribution in [3.8, 4) is 11.3 Å². The Morgan fingerprint density at radius 3 is 2.72 bits per heavy atom. The number of aromatic nitrogens is 2. The van der Waals surface area contributed by atoms with Gasteiger partial charge in [-0.3, -0.25) is 19.1 Å². The van der Waals surface area contributed by atoms with Gasteiger partial charge in [0, 0.05) is 36.7 Å². The van der Waals surface area contributed by atoms with E-state index in [9.17, 15) is 14.4 Å². The molecule has 0 saturated carbocycles. The summed E-state index contributed by atoms with van der Waals surface area (Å²) in [5.41, 5.74) is 1.54. The maximum atomic E-state index is 12.1. The predicted octanol–water partition coefficient (Wildman–Crippen LogP) is 2.62. The summed E-state index contributed by atoms with van der Waals surface area (Å²) in [5, 5.41) is 7.65. The molecule has 1 aliphatic rings. The SMILES string of the molecule is Cn1nc(-c2ccc(Cl)cc2)cc1NC(=O)COC(=O)CN1CCCCCC1=O. The van der Waals surface area contributed by atoms with Gasteiger partial charge in [0.25, 0.3) is 5.91 Å². The molecule has 9 heteroatoms. The first-order valence-corrected chi connectivity index (χ1v) is 9.83. The van der Waals surface area contributed by atoms with Crippen LogP contribution in [0.2, 0.25) is 5.02 Å². The molecule has 1 fully saturated rings. The molecule has 29 heavy (non-hydrogen) atoms. The quantitative estimate of drug-likeness (QED) is 0.728. The standard InChI is InChI=1S/C20H23ClN4O4/c1-24-17(11-16(23-24)14-6-8-15(21)9-7-14)22-18(26)13-29-20(28)12-25-10-4-2-3-5-19(25)27/h6-9,11H,2-5,10,12-13H2,1H3,(H,22,26). The molecular weight excluding hydrogens is 396 g/mol. The van der Waals surface area contributed by atoms with Crippen molar-refractivity contribution in [2.75, 3.05) is 25.0 Å². The van der Waals surface area contributed by atoms with Crippen LogP contribution < -0.4 is 5.32 Å². The molecule has 1 saturated heterocycles. The number of halogens is 1. The summed E-state index contributed by atoms with van der Waals surface area (Å²) in [7, 11) is 1.70. The number of carbonyl (C=O) groups excluding carboxylic acids is 3. The highest BCUT2D eigenvalue weighted by Crippen LogP contribution is 2.23. The van der Waals surface area contributed by atoms with Crippen molar-refractivity contribution in [2.24, 2.45) is 7.05 Å². The van der Waals surface area contributed by atoms with Crippen LogP contribution in [-0.4, -0.2) is 52.2 Å². The summed E-state index contributed by atoms with van der Waals surface area (Å²) in [5.74, 6) is -0.652. The lowest BCUT2D eigenvalue weighted by Crippen LogP contribution is -2.36. The van der Waals surface area contributed by atoms with Crippen LogP contribution in [0.5, 0.6) is 0 Å². The molecular formula is C20H23ClN4O4. The fourth-order valence-electron chi connectivity index (χ4n) is 3.08. The Morgan fingerprint density at radius 1 is 1.21 bits per heavy atom. The number of anilines is 1. The summed E-state index contributed by atoms with van der Waals surface area (Å²) in [6.45, 7) is -0.0104. The van der Waals surface area contributed by atoms with Gasteiger partial charge in [0.1, 0.15) is 12.4 Å². The van der Waals surface area contributed by atoms with E-state index in [1.807, 2.05) is 12.1 Å². The van der Waals surface area contributed by atoms with Crippen molar-refractivity contribution in [1.29, 1.82) is 0 Å². The Balaban J connectivity index is 1.51. The minimum Gasteiger partial charge on any atom is -0.454 e. The van der Waals surface area contributed by atoms with Gasteiger partial charge in [0.05, 0.1) is 5.69 Å². The van der Waals surface area contributed by atoms with Crippen molar-refractivity contribution in [1.82, 2.24) is 14.7 Å². The minimum absolute atomic E-state index is 0.0477. The summed E-state index contributed by atoms with van der Waals surface area (Å²) in [6.07, 6.45) is 3.14. The van der Waals surface area contributed by atoms with Gasteiger partial charge < -0.3 is 15.0 Å². The average Bonchev–Trinajstić information content (AvgIpc) is 2.93. The third-order valence-electron chi connectivity index (χ3n) is 4.64. The summed E-state index contributed by atoms with van der Waals surface area (Å²) < 4.78 is 6.55. The first-order chi connectivity index (χ1) is 13.9. The van der Waals surface area contributed by atoms with Gasteiger partial charge >= 0.3 is 5.97 Å². The molecule has 1 aromatic carbocycles. The van der Waals surface area contributed by atoms with Crippen LogP contribution in [0.15, 0.2) is 30.3 Å². The Labute approximate surface area is 173 Å². The number of hydrogen-bond acceptors (Lipinski definition) is 5. The topological polar surface area (TPSA) is 93.5 Å². The maximum Gasteiger partial charge on any atom is 0.326 e. The van der Waals surface area contributed by atoms with E-state index in [0.29, 0.717) is 29.5 Å². The number of rotatable bonds is 6. The number of carbonyl (C=O) groups is 3. The highest BCUT2D eigenvalue weighted by molar-refractivity contribution is 6.30. The minimum atomic E-state index is -0.595. The number of nitrogens with one attached hydrogen (secondary N) is 1. The van der Waals surface area contributed by atoms with Crippen LogP contribution in [-0.2, 0) is 26.2 Å². The molecule has 2 heterocycles. The summed E-state index contributed by atoms with van der Waals surface area (Å²) >= 11 is 5.90. The molecule has 0 unspecified atom stereocenters. The van der Waals surface area contributed by atoms with Crippen molar-refractivity contribution in [2.45, 2.75) is 25.7 Å². The lowest BCUT2D eigenvalue weighted by Gasteiger charge is -2.19. The number of amides is 2. The molecule has 3 rings (SSSR count). The van der Waals surface area contributed by atoms with E-state index >= 15 is 0 Å². The zero-order valence-corrected chi connectivity index (χ0v) is 16.9. The molecule has 154 valence electrons. The normalized spacial score (nSPS) is 14.4. The average molecular weight is 419 g/mol. The summed E-state index contributed by atoms with van der Waals surface area (Å²) in [6, 6.07) is 8.92. The largest absolute Gasteiger partial charge is 0.454 e. The highest BCUT2D eigenvalue weighted by Gasteiger charge is 2.20. The van der Waals surface area contributed by atoms with E-state index in [-0.39, 0.29) is 12.5 Å². The molecule has 1 N–H and O–H groups in total. The lowest BCUT2D eigenvalue weighted by atomic mass is 10.1. The Kier molecular flexibility index (Phi) is 6.87.